The molecule has 0 saturated heterocycles. The molecule has 0 N–H and O–H groups in total. The first-order valence-corrected chi connectivity index (χ1v) is 9.22. The van der Waals surface area contributed by atoms with Gasteiger partial charge in [0.25, 0.3) is 0 Å². The topological polar surface area (TPSA) is 120 Å². The SMILES string of the molecule is C=C(CCCC)C(=O)[O-].C=C(CCCC)C(=O)[O-].C=C(CCCC)C(=O)[O-].[Fe+3]. The molecule has 0 heterocycles. The first-order valence-electron chi connectivity index (χ1n) is 9.22. The van der Waals surface area contributed by atoms with E-state index in [0.717, 1.165) is 38.5 Å². The van der Waals surface area contributed by atoms with Crippen LogP contribution in [0.2, 0.25) is 0 Å². The molecular weight excluding hydrogens is 404 g/mol. The molecule has 0 aromatic heterocycles. The Bertz CT molecular complexity index is 426. The van der Waals surface area contributed by atoms with Crippen molar-refractivity contribution in [3.63, 3.8) is 0 Å². The molecule has 0 aliphatic rings. The van der Waals surface area contributed by atoms with Crippen molar-refractivity contribution in [1.29, 1.82) is 0 Å². The van der Waals surface area contributed by atoms with E-state index < -0.39 is 17.9 Å². The van der Waals surface area contributed by atoms with Gasteiger partial charge in [-0.3, -0.25) is 0 Å². The van der Waals surface area contributed by atoms with Gasteiger partial charge >= 0.3 is 17.1 Å². The zero-order valence-electron chi connectivity index (χ0n) is 17.3. The molecule has 1 radical (unpaired) electrons. The number of carbonyl (C=O) groups is 3. The third kappa shape index (κ3) is 26.4. The van der Waals surface area contributed by atoms with Crippen molar-refractivity contribution in [2.75, 3.05) is 0 Å². The minimum absolute atomic E-state index is 0. The van der Waals surface area contributed by atoms with E-state index in [0.29, 0.717) is 19.3 Å². The van der Waals surface area contributed by atoms with Crippen molar-refractivity contribution < 1.29 is 46.8 Å². The third-order valence-corrected chi connectivity index (χ3v) is 3.36. The fourth-order valence-corrected chi connectivity index (χ4v) is 1.48. The van der Waals surface area contributed by atoms with Crippen LogP contribution in [0.5, 0.6) is 0 Å². The molecule has 0 atom stereocenters. The Morgan fingerprint density at radius 2 is 0.750 bits per heavy atom. The van der Waals surface area contributed by atoms with Crippen LogP contribution >= 0.6 is 0 Å². The summed E-state index contributed by atoms with van der Waals surface area (Å²) in [4.78, 5) is 30.0. The van der Waals surface area contributed by atoms with E-state index in [1.807, 2.05) is 20.8 Å². The van der Waals surface area contributed by atoms with E-state index in [-0.39, 0.29) is 33.8 Å². The molecule has 161 valence electrons. The van der Waals surface area contributed by atoms with Gasteiger partial charge in [0.2, 0.25) is 0 Å². The number of carbonyl (C=O) groups excluding carboxylic acids is 3. The second kappa shape index (κ2) is 23.2. The van der Waals surface area contributed by atoms with Gasteiger partial charge in [-0.05, 0) is 55.2 Å². The molecule has 0 rings (SSSR count). The maximum absolute atomic E-state index is 9.99. The van der Waals surface area contributed by atoms with E-state index in [1.165, 1.54) is 0 Å². The molecule has 6 nitrogen and oxygen atoms in total. The Kier molecular flexibility index (Phi) is 27.9. The first-order chi connectivity index (χ1) is 12.5. The molecule has 28 heavy (non-hydrogen) atoms. The maximum Gasteiger partial charge on any atom is 3.00 e. The summed E-state index contributed by atoms with van der Waals surface area (Å²) in [5, 5.41) is 30.0. The second-order valence-electron chi connectivity index (χ2n) is 5.98. The van der Waals surface area contributed by atoms with Crippen LogP contribution in [-0.2, 0) is 31.5 Å². The average Bonchev–Trinajstić information content (AvgIpc) is 2.62. The van der Waals surface area contributed by atoms with Crippen molar-refractivity contribution in [3.05, 3.63) is 36.5 Å². The Balaban J connectivity index is -0.000000152. The van der Waals surface area contributed by atoms with E-state index in [2.05, 4.69) is 19.7 Å². The maximum atomic E-state index is 9.99. The molecule has 0 fully saturated rings. The molecule has 0 aromatic rings. The van der Waals surface area contributed by atoms with Crippen LogP contribution in [0, 0.1) is 0 Å². The van der Waals surface area contributed by atoms with Crippen LogP contribution in [-0.4, -0.2) is 17.9 Å². The summed E-state index contributed by atoms with van der Waals surface area (Å²) < 4.78 is 0. The van der Waals surface area contributed by atoms with Crippen molar-refractivity contribution in [2.45, 2.75) is 78.6 Å². The monoisotopic (exact) mass is 437 g/mol. The van der Waals surface area contributed by atoms with Crippen molar-refractivity contribution in [2.24, 2.45) is 0 Å². The molecule has 0 amide bonds. The largest absolute Gasteiger partial charge is 3.00 e. The summed E-state index contributed by atoms with van der Waals surface area (Å²) in [5.74, 6) is -3.37. The Labute approximate surface area is 179 Å². The van der Waals surface area contributed by atoms with Crippen molar-refractivity contribution >= 4 is 17.9 Å². The van der Waals surface area contributed by atoms with Gasteiger partial charge in [0.05, 0.1) is 17.9 Å². The number of aliphatic carboxylic acids is 3. The number of carboxylic acid groups (broad SMARTS) is 3. The second-order valence-corrected chi connectivity index (χ2v) is 5.98. The van der Waals surface area contributed by atoms with Crippen LogP contribution in [0.15, 0.2) is 36.5 Å². The molecule has 0 aliphatic carbocycles. The van der Waals surface area contributed by atoms with Gasteiger partial charge in [-0.1, -0.05) is 59.8 Å². The Morgan fingerprint density at radius 3 is 0.857 bits per heavy atom. The number of hydrogen-bond acceptors (Lipinski definition) is 6. The van der Waals surface area contributed by atoms with Crippen molar-refractivity contribution in [1.82, 2.24) is 0 Å². The minimum atomic E-state index is -1.12. The number of rotatable bonds is 12. The van der Waals surface area contributed by atoms with Crippen LogP contribution in [0.25, 0.3) is 0 Å². The molecule has 0 saturated carbocycles. The summed E-state index contributed by atoms with van der Waals surface area (Å²) >= 11 is 0. The Morgan fingerprint density at radius 1 is 0.571 bits per heavy atom. The van der Waals surface area contributed by atoms with Gasteiger partial charge < -0.3 is 29.7 Å². The van der Waals surface area contributed by atoms with Crippen molar-refractivity contribution in [3.8, 4) is 0 Å². The fourth-order valence-electron chi connectivity index (χ4n) is 1.48. The van der Waals surface area contributed by atoms with Gasteiger partial charge in [0.15, 0.2) is 0 Å². The van der Waals surface area contributed by atoms with E-state index in [1.54, 1.807) is 0 Å². The van der Waals surface area contributed by atoms with Gasteiger partial charge in [0.1, 0.15) is 0 Å². The zero-order valence-corrected chi connectivity index (χ0v) is 18.4. The zero-order chi connectivity index (χ0) is 21.8. The van der Waals surface area contributed by atoms with E-state index >= 15 is 0 Å². The minimum Gasteiger partial charge on any atom is -0.545 e. The molecular formula is C21H33FeO6. The molecule has 0 aromatic carbocycles. The number of hydrogen-bond donors (Lipinski definition) is 0. The normalized spacial score (nSPS) is 8.68. The van der Waals surface area contributed by atoms with Crippen LogP contribution in [0.4, 0.5) is 0 Å². The molecule has 0 bridgehead atoms. The summed E-state index contributed by atoms with van der Waals surface area (Å²) in [6, 6.07) is 0. The van der Waals surface area contributed by atoms with Gasteiger partial charge in [-0.2, -0.15) is 0 Å². The standard InChI is InChI=1S/3C7H12O2.Fe/c3*1-3-4-5-6(2)7(8)9;/h3*2-5H2,1H3,(H,8,9);/q;;;+3/p-3. The number of unbranched alkanes of at least 4 members (excludes halogenated alkanes) is 3. The summed E-state index contributed by atoms with van der Waals surface area (Å²) in [6.45, 7) is 16.0. The smallest absolute Gasteiger partial charge is 0.545 e. The number of carboxylic acids is 3. The summed E-state index contributed by atoms with van der Waals surface area (Å²) in [5.41, 5.74) is 0.616. The van der Waals surface area contributed by atoms with Crippen LogP contribution in [0.3, 0.4) is 0 Å². The fraction of sp³-hybridized carbons (Fsp3) is 0.571. The average molecular weight is 437 g/mol. The first kappa shape index (κ1) is 33.7. The summed E-state index contributed by atoms with van der Waals surface area (Å²) in [6.07, 6.45) is 7.29. The van der Waals surface area contributed by atoms with Crippen LogP contribution < -0.4 is 15.3 Å². The van der Waals surface area contributed by atoms with Crippen LogP contribution in [0.1, 0.15) is 78.6 Å². The van der Waals surface area contributed by atoms with Gasteiger partial charge in [0, 0.05) is 0 Å². The predicted molar refractivity (Wildman–Crippen MR) is 101 cm³/mol. The summed E-state index contributed by atoms with van der Waals surface area (Å²) in [7, 11) is 0. The van der Waals surface area contributed by atoms with E-state index in [9.17, 15) is 29.7 Å². The predicted octanol–water partition coefficient (Wildman–Crippen LogP) is 1.45. The molecule has 7 heteroatoms. The van der Waals surface area contributed by atoms with Gasteiger partial charge in [-0.25, -0.2) is 0 Å². The van der Waals surface area contributed by atoms with Gasteiger partial charge in [-0.15, -0.1) is 0 Å². The third-order valence-electron chi connectivity index (χ3n) is 3.36. The molecule has 0 unspecified atom stereocenters. The molecule has 0 aliphatic heterocycles. The quantitative estimate of drug-likeness (QED) is 0.337. The Hall–Kier alpha value is -1.85. The molecule has 0 spiro atoms. The van der Waals surface area contributed by atoms with E-state index in [4.69, 9.17) is 0 Å².